The molecular weight excluding hydrogens is 610 g/mol. The van der Waals surface area contributed by atoms with Gasteiger partial charge in [-0.3, -0.25) is 14.8 Å². The Kier molecular flexibility index (Phi) is 12.7. The lowest BCUT2D eigenvalue weighted by Crippen LogP contribution is -2.39. The number of pyridine rings is 1. The second-order valence-electron chi connectivity index (χ2n) is 13.8. The quantitative estimate of drug-likeness (QED) is 0.170. The average molecular weight is 664 g/mol. The second kappa shape index (κ2) is 17.8. The van der Waals surface area contributed by atoms with Gasteiger partial charge in [-0.1, -0.05) is 42.5 Å². The molecule has 2 aliphatic heterocycles. The average Bonchev–Trinajstić information content (AvgIpc) is 3.14. The standard InChI is InChI=1S/C40H53N7O2/c1-48-23-24-49-40-13-12-37(44-45-40)11-8-31-7-10-34(29-47-21-16-36(42)17-22-47)39(26-31)38-25-30(4-5-32-3-2-18-43-27-32)6-9-33(38)28-46-19-14-35(41)15-20-46/h2-3,6-7,9-10,12-13,18,25-27,35-36H,4-5,8,11,14-17,19-24,28-29,41-42H2,1H3. The van der Waals surface area contributed by atoms with Crippen molar-refractivity contribution in [3.05, 3.63) is 107 Å². The van der Waals surface area contributed by atoms with Crippen LogP contribution in [0.2, 0.25) is 0 Å². The van der Waals surface area contributed by atoms with Crippen LogP contribution < -0.4 is 16.2 Å². The molecule has 4 N–H and O–H groups in total. The predicted molar refractivity (Wildman–Crippen MR) is 195 cm³/mol. The van der Waals surface area contributed by atoms with Crippen LogP contribution in [0.4, 0.5) is 0 Å². The molecule has 2 aromatic carbocycles. The van der Waals surface area contributed by atoms with Crippen LogP contribution in [0.3, 0.4) is 0 Å². The van der Waals surface area contributed by atoms with Crippen molar-refractivity contribution >= 4 is 0 Å². The molecule has 4 aromatic rings. The number of ether oxygens (including phenoxy) is 2. The molecular formula is C40H53N7O2. The molecule has 9 heteroatoms. The molecule has 0 bridgehead atoms. The highest BCUT2D eigenvalue weighted by Crippen LogP contribution is 2.33. The van der Waals surface area contributed by atoms with Crippen molar-refractivity contribution in [1.82, 2.24) is 25.0 Å². The van der Waals surface area contributed by atoms with Crippen molar-refractivity contribution in [2.45, 2.75) is 76.5 Å². The lowest BCUT2D eigenvalue weighted by molar-refractivity contribution is 0.143. The second-order valence-corrected chi connectivity index (χ2v) is 13.8. The van der Waals surface area contributed by atoms with Crippen LogP contribution in [-0.2, 0) is 43.5 Å². The fourth-order valence-electron chi connectivity index (χ4n) is 6.93. The van der Waals surface area contributed by atoms with E-state index in [-0.39, 0.29) is 0 Å². The molecule has 0 atom stereocenters. The summed E-state index contributed by atoms with van der Waals surface area (Å²) in [5.41, 5.74) is 22.9. The molecule has 260 valence electrons. The Hall–Kier alpha value is -3.73. The van der Waals surface area contributed by atoms with Gasteiger partial charge in [0.1, 0.15) is 6.61 Å². The number of aryl methyl sites for hydroxylation is 4. The van der Waals surface area contributed by atoms with Crippen LogP contribution in [0.5, 0.6) is 5.88 Å². The minimum absolute atomic E-state index is 0.313. The highest BCUT2D eigenvalue weighted by molar-refractivity contribution is 5.72. The summed E-state index contributed by atoms with van der Waals surface area (Å²) in [6.45, 7) is 7.01. The molecule has 2 aromatic heterocycles. The zero-order chi connectivity index (χ0) is 33.8. The molecule has 2 saturated heterocycles. The zero-order valence-electron chi connectivity index (χ0n) is 29.1. The normalized spacial score (nSPS) is 16.6. The third kappa shape index (κ3) is 10.4. The number of hydrogen-bond acceptors (Lipinski definition) is 9. The smallest absolute Gasteiger partial charge is 0.233 e. The van der Waals surface area contributed by atoms with Gasteiger partial charge in [-0.25, -0.2) is 0 Å². The van der Waals surface area contributed by atoms with Gasteiger partial charge in [0, 0.05) is 50.7 Å². The van der Waals surface area contributed by atoms with E-state index in [9.17, 15) is 0 Å². The Bertz CT molecular complexity index is 1580. The van der Waals surface area contributed by atoms with Gasteiger partial charge in [-0.2, -0.15) is 5.10 Å². The minimum Gasteiger partial charge on any atom is -0.474 e. The van der Waals surface area contributed by atoms with E-state index in [1.54, 1.807) is 7.11 Å². The monoisotopic (exact) mass is 663 g/mol. The van der Waals surface area contributed by atoms with Crippen molar-refractivity contribution in [3.8, 4) is 17.0 Å². The number of nitrogens with two attached hydrogens (primary N) is 2. The number of rotatable bonds is 15. The summed E-state index contributed by atoms with van der Waals surface area (Å²) in [6.07, 6.45) is 11.7. The maximum Gasteiger partial charge on any atom is 0.233 e. The summed E-state index contributed by atoms with van der Waals surface area (Å²) >= 11 is 0. The molecule has 0 radical (unpaired) electrons. The molecule has 4 heterocycles. The first kappa shape index (κ1) is 35.1. The zero-order valence-corrected chi connectivity index (χ0v) is 29.1. The SMILES string of the molecule is COCCOc1ccc(CCc2ccc(CN3CCC(N)CC3)c(-c3cc(CCc4cccnc4)ccc3CN3CCC(N)CC3)c2)nn1. The largest absolute Gasteiger partial charge is 0.474 e. The molecule has 2 aliphatic rings. The summed E-state index contributed by atoms with van der Waals surface area (Å²) in [4.78, 5) is 9.49. The van der Waals surface area contributed by atoms with Gasteiger partial charge >= 0.3 is 0 Å². The van der Waals surface area contributed by atoms with Gasteiger partial charge < -0.3 is 20.9 Å². The number of piperidine rings is 2. The van der Waals surface area contributed by atoms with Gasteiger partial charge in [-0.15, -0.1) is 5.10 Å². The van der Waals surface area contributed by atoms with Crippen molar-refractivity contribution in [1.29, 1.82) is 0 Å². The Morgan fingerprint density at radius 2 is 1.27 bits per heavy atom. The number of nitrogens with zero attached hydrogens (tertiary/aromatic N) is 5. The highest BCUT2D eigenvalue weighted by Gasteiger charge is 2.21. The summed E-state index contributed by atoms with van der Waals surface area (Å²) in [7, 11) is 1.66. The third-order valence-electron chi connectivity index (χ3n) is 10.0. The van der Waals surface area contributed by atoms with Crippen LogP contribution in [0.1, 0.15) is 59.2 Å². The van der Waals surface area contributed by atoms with E-state index in [0.29, 0.717) is 31.2 Å². The van der Waals surface area contributed by atoms with E-state index >= 15 is 0 Å². The van der Waals surface area contributed by atoms with Crippen LogP contribution >= 0.6 is 0 Å². The van der Waals surface area contributed by atoms with E-state index in [2.05, 4.69) is 67.4 Å². The highest BCUT2D eigenvalue weighted by atomic mass is 16.5. The maximum atomic E-state index is 6.29. The molecule has 49 heavy (non-hydrogen) atoms. The summed E-state index contributed by atoms with van der Waals surface area (Å²) < 4.78 is 10.7. The Labute approximate surface area is 292 Å². The Morgan fingerprint density at radius 3 is 1.80 bits per heavy atom. The molecule has 0 amide bonds. The lowest BCUT2D eigenvalue weighted by atomic mass is 9.89. The summed E-state index contributed by atoms with van der Waals surface area (Å²) in [6, 6.07) is 23.0. The predicted octanol–water partition coefficient (Wildman–Crippen LogP) is 4.98. The van der Waals surface area contributed by atoms with Crippen LogP contribution in [-0.4, -0.2) is 83.6 Å². The van der Waals surface area contributed by atoms with Gasteiger partial charge in [0.15, 0.2) is 0 Å². The first-order chi connectivity index (χ1) is 24.0. The van der Waals surface area contributed by atoms with Gasteiger partial charge in [0.2, 0.25) is 5.88 Å². The summed E-state index contributed by atoms with van der Waals surface area (Å²) in [5, 5.41) is 8.72. The lowest BCUT2D eigenvalue weighted by Gasteiger charge is -2.32. The Balaban J connectivity index is 1.29. The fourth-order valence-corrected chi connectivity index (χ4v) is 6.93. The topological polar surface area (TPSA) is 116 Å². The Morgan fingerprint density at radius 1 is 0.673 bits per heavy atom. The number of aromatic nitrogens is 3. The molecule has 0 spiro atoms. The van der Waals surface area contributed by atoms with Crippen molar-refractivity contribution in [2.75, 3.05) is 46.5 Å². The molecule has 2 fully saturated rings. The number of hydrogen-bond donors (Lipinski definition) is 2. The van der Waals surface area contributed by atoms with Crippen molar-refractivity contribution < 1.29 is 9.47 Å². The fraction of sp³-hybridized carbons (Fsp3) is 0.475. The number of benzene rings is 2. The van der Waals surface area contributed by atoms with Crippen molar-refractivity contribution in [3.63, 3.8) is 0 Å². The molecule has 6 rings (SSSR count). The minimum atomic E-state index is 0.313. The van der Waals surface area contributed by atoms with Crippen LogP contribution in [0, 0.1) is 0 Å². The van der Waals surface area contributed by atoms with E-state index in [0.717, 1.165) is 96.3 Å². The first-order valence-corrected chi connectivity index (χ1v) is 18.1. The maximum absolute atomic E-state index is 6.29. The van der Waals surface area contributed by atoms with Gasteiger partial charge in [0.05, 0.1) is 12.3 Å². The van der Waals surface area contributed by atoms with Gasteiger partial charge in [-0.05, 0) is 129 Å². The van der Waals surface area contributed by atoms with E-state index in [1.807, 2.05) is 30.6 Å². The van der Waals surface area contributed by atoms with E-state index in [1.165, 1.54) is 38.9 Å². The number of methoxy groups -OCH3 is 1. The van der Waals surface area contributed by atoms with Gasteiger partial charge in [0.25, 0.3) is 0 Å². The van der Waals surface area contributed by atoms with E-state index < -0.39 is 0 Å². The summed E-state index contributed by atoms with van der Waals surface area (Å²) in [5.74, 6) is 0.526. The molecule has 0 aliphatic carbocycles. The third-order valence-corrected chi connectivity index (χ3v) is 10.0. The van der Waals surface area contributed by atoms with Crippen molar-refractivity contribution in [2.24, 2.45) is 11.5 Å². The molecule has 0 saturated carbocycles. The van der Waals surface area contributed by atoms with E-state index in [4.69, 9.17) is 20.9 Å². The number of likely N-dealkylation sites (tertiary alicyclic amines) is 2. The molecule has 0 unspecified atom stereocenters. The first-order valence-electron chi connectivity index (χ1n) is 18.1. The van der Waals surface area contributed by atoms with Crippen LogP contribution in [0.25, 0.3) is 11.1 Å². The van der Waals surface area contributed by atoms with Crippen LogP contribution in [0.15, 0.2) is 73.1 Å². The molecule has 9 nitrogen and oxygen atoms in total.